The van der Waals surface area contributed by atoms with Gasteiger partial charge in [-0.25, -0.2) is 0 Å². The van der Waals surface area contributed by atoms with Gasteiger partial charge in [0, 0.05) is 27.7 Å². The molecule has 0 unspecified atom stereocenters. The predicted molar refractivity (Wildman–Crippen MR) is 248 cm³/mol. The minimum atomic E-state index is -0.0836. The maximum Gasteiger partial charge on any atom is 0.145 e. The van der Waals surface area contributed by atoms with E-state index >= 15 is 0 Å². The standard InChI is InChI=1S/C57H41NO/c1-57(2)50-27-11-9-24-48(50)54-46(26-15-28-51(54)57)43-21-14-23-45(37-43)58(44-22-13-20-42(36-44)40-32-30-39(31-33-40)38-16-5-3-6-17-38)52-35-34-47(41-18-7-4-8-19-41)56-55(52)49-25-10-12-29-53(49)59-56/h3-37H,1-2H3. The average molecular weight is 756 g/mol. The van der Waals surface area contributed by atoms with Gasteiger partial charge >= 0.3 is 0 Å². The van der Waals surface area contributed by atoms with E-state index in [9.17, 15) is 0 Å². The van der Waals surface area contributed by atoms with Crippen LogP contribution in [-0.2, 0) is 5.41 Å². The number of para-hydroxylation sites is 1. The van der Waals surface area contributed by atoms with E-state index in [0.29, 0.717) is 0 Å². The van der Waals surface area contributed by atoms with Crippen molar-refractivity contribution < 1.29 is 4.42 Å². The summed E-state index contributed by atoms with van der Waals surface area (Å²) in [6.45, 7) is 4.70. The Kier molecular flexibility index (Phi) is 8.20. The van der Waals surface area contributed by atoms with Crippen LogP contribution in [0.25, 0.3) is 77.6 Å². The van der Waals surface area contributed by atoms with E-state index in [2.05, 4.69) is 231 Å². The molecule has 0 N–H and O–H groups in total. The van der Waals surface area contributed by atoms with Gasteiger partial charge < -0.3 is 9.32 Å². The van der Waals surface area contributed by atoms with Crippen molar-refractivity contribution in [2.45, 2.75) is 19.3 Å². The normalized spacial score (nSPS) is 12.7. The second-order valence-corrected chi connectivity index (χ2v) is 16.1. The van der Waals surface area contributed by atoms with Gasteiger partial charge in [-0.05, 0) is 104 Å². The summed E-state index contributed by atoms with van der Waals surface area (Å²) in [5.74, 6) is 0. The Morgan fingerprint density at radius 3 is 1.69 bits per heavy atom. The lowest BCUT2D eigenvalue weighted by atomic mass is 9.82. The van der Waals surface area contributed by atoms with Gasteiger partial charge in [0.15, 0.2) is 0 Å². The summed E-state index contributed by atoms with van der Waals surface area (Å²) >= 11 is 0. The highest BCUT2D eigenvalue weighted by molar-refractivity contribution is 6.17. The molecule has 1 aromatic heterocycles. The van der Waals surface area contributed by atoms with Crippen molar-refractivity contribution in [3.8, 4) is 55.6 Å². The van der Waals surface area contributed by atoms with Crippen molar-refractivity contribution in [3.05, 3.63) is 223 Å². The maximum absolute atomic E-state index is 6.81. The number of rotatable bonds is 7. The van der Waals surface area contributed by atoms with Crippen LogP contribution in [0, 0.1) is 0 Å². The first-order chi connectivity index (χ1) is 29.0. The van der Waals surface area contributed by atoms with Crippen molar-refractivity contribution in [2.24, 2.45) is 0 Å². The predicted octanol–water partition coefficient (Wildman–Crippen LogP) is 16.0. The summed E-state index contributed by atoms with van der Waals surface area (Å²) in [6, 6.07) is 76.7. The van der Waals surface area contributed by atoms with Crippen molar-refractivity contribution in [1.82, 2.24) is 0 Å². The topological polar surface area (TPSA) is 16.4 Å². The van der Waals surface area contributed by atoms with Gasteiger partial charge in [-0.3, -0.25) is 0 Å². The zero-order valence-corrected chi connectivity index (χ0v) is 33.1. The molecule has 0 amide bonds. The lowest BCUT2D eigenvalue weighted by Crippen LogP contribution is -2.14. The van der Waals surface area contributed by atoms with Gasteiger partial charge in [0.25, 0.3) is 0 Å². The summed E-state index contributed by atoms with van der Waals surface area (Å²) in [6.07, 6.45) is 0. The molecular weight excluding hydrogens is 715 g/mol. The number of nitrogens with zero attached hydrogens (tertiary/aromatic N) is 1. The number of anilines is 3. The van der Waals surface area contributed by atoms with Crippen LogP contribution >= 0.6 is 0 Å². The average Bonchev–Trinajstić information content (AvgIpc) is 3.80. The summed E-state index contributed by atoms with van der Waals surface area (Å²) in [7, 11) is 0. The molecule has 0 atom stereocenters. The van der Waals surface area contributed by atoms with Gasteiger partial charge in [0.2, 0.25) is 0 Å². The molecule has 10 aromatic rings. The fourth-order valence-corrected chi connectivity index (χ4v) is 9.39. The Morgan fingerprint density at radius 1 is 0.390 bits per heavy atom. The van der Waals surface area contributed by atoms with Crippen LogP contribution in [0.1, 0.15) is 25.0 Å². The highest BCUT2D eigenvalue weighted by Crippen LogP contribution is 2.53. The third-order valence-corrected chi connectivity index (χ3v) is 12.3. The molecule has 9 aromatic carbocycles. The second-order valence-electron chi connectivity index (χ2n) is 16.1. The maximum atomic E-state index is 6.81. The fourth-order valence-electron chi connectivity index (χ4n) is 9.39. The third kappa shape index (κ3) is 5.79. The molecular formula is C57H41NO. The van der Waals surface area contributed by atoms with Gasteiger partial charge in [-0.15, -0.1) is 0 Å². The highest BCUT2D eigenvalue weighted by atomic mass is 16.3. The first kappa shape index (κ1) is 34.8. The SMILES string of the molecule is CC1(C)c2ccccc2-c2c(-c3cccc(N(c4cccc(-c5ccc(-c6ccccc6)cc5)c4)c4ccc(-c5ccccc5)c5oc6ccccc6c45)c3)cccc21. The van der Waals surface area contributed by atoms with Gasteiger partial charge in [0.1, 0.15) is 11.2 Å². The fraction of sp³-hybridized carbons (Fsp3) is 0.0526. The quantitative estimate of drug-likeness (QED) is 0.161. The van der Waals surface area contributed by atoms with E-state index in [1.165, 1.54) is 50.1 Å². The second kappa shape index (κ2) is 13.9. The molecule has 0 spiro atoms. The minimum Gasteiger partial charge on any atom is -0.455 e. The van der Waals surface area contributed by atoms with Gasteiger partial charge in [0.05, 0.1) is 11.1 Å². The summed E-state index contributed by atoms with van der Waals surface area (Å²) < 4.78 is 6.81. The third-order valence-electron chi connectivity index (χ3n) is 12.3. The van der Waals surface area contributed by atoms with Crippen LogP contribution in [0.4, 0.5) is 17.1 Å². The van der Waals surface area contributed by atoms with Crippen molar-refractivity contribution in [3.63, 3.8) is 0 Å². The monoisotopic (exact) mass is 755 g/mol. The molecule has 59 heavy (non-hydrogen) atoms. The zero-order chi connectivity index (χ0) is 39.5. The molecule has 0 aliphatic heterocycles. The largest absolute Gasteiger partial charge is 0.455 e. The number of fused-ring (bicyclic) bond motifs is 6. The van der Waals surface area contributed by atoms with Gasteiger partial charge in [-0.2, -0.15) is 0 Å². The van der Waals surface area contributed by atoms with E-state index in [4.69, 9.17) is 4.42 Å². The lowest BCUT2D eigenvalue weighted by molar-refractivity contribution is 0.660. The van der Waals surface area contributed by atoms with Crippen LogP contribution in [-0.4, -0.2) is 0 Å². The van der Waals surface area contributed by atoms with Crippen LogP contribution in [0.15, 0.2) is 217 Å². The smallest absolute Gasteiger partial charge is 0.145 e. The molecule has 280 valence electrons. The highest BCUT2D eigenvalue weighted by Gasteiger charge is 2.36. The van der Waals surface area contributed by atoms with Crippen LogP contribution in [0.5, 0.6) is 0 Å². The lowest BCUT2D eigenvalue weighted by Gasteiger charge is -2.28. The number of hydrogen-bond donors (Lipinski definition) is 0. The van der Waals surface area contributed by atoms with Crippen LogP contribution in [0.2, 0.25) is 0 Å². The molecule has 0 saturated heterocycles. The zero-order valence-electron chi connectivity index (χ0n) is 33.1. The molecule has 2 heteroatoms. The molecule has 2 nitrogen and oxygen atoms in total. The van der Waals surface area contributed by atoms with Crippen molar-refractivity contribution in [2.75, 3.05) is 4.90 Å². The van der Waals surface area contributed by atoms with Crippen molar-refractivity contribution >= 4 is 39.0 Å². The Labute approximate surface area is 345 Å². The van der Waals surface area contributed by atoms with E-state index in [0.717, 1.165) is 55.7 Å². The molecule has 0 saturated carbocycles. The molecule has 0 bridgehead atoms. The number of furan rings is 1. The first-order valence-electron chi connectivity index (χ1n) is 20.4. The molecule has 1 heterocycles. The Morgan fingerprint density at radius 2 is 0.932 bits per heavy atom. The van der Waals surface area contributed by atoms with E-state index in [-0.39, 0.29) is 5.41 Å². The Balaban J connectivity index is 1.12. The van der Waals surface area contributed by atoms with E-state index < -0.39 is 0 Å². The van der Waals surface area contributed by atoms with Gasteiger partial charge in [-0.1, -0.05) is 184 Å². The molecule has 11 rings (SSSR count). The Bertz CT molecular complexity index is 3170. The number of hydrogen-bond acceptors (Lipinski definition) is 2. The molecule has 0 radical (unpaired) electrons. The first-order valence-corrected chi connectivity index (χ1v) is 20.4. The Hall–Kier alpha value is -7.42. The van der Waals surface area contributed by atoms with Crippen molar-refractivity contribution in [1.29, 1.82) is 0 Å². The summed E-state index contributed by atoms with van der Waals surface area (Å²) in [5.41, 5.74) is 19.6. The molecule has 0 fully saturated rings. The van der Waals surface area contributed by atoms with Crippen LogP contribution < -0.4 is 4.90 Å². The molecule has 1 aliphatic carbocycles. The van der Waals surface area contributed by atoms with E-state index in [1.54, 1.807) is 0 Å². The summed E-state index contributed by atoms with van der Waals surface area (Å²) in [5, 5.41) is 2.17. The summed E-state index contributed by atoms with van der Waals surface area (Å²) in [4.78, 5) is 2.42. The number of benzene rings is 9. The molecule has 1 aliphatic rings. The van der Waals surface area contributed by atoms with E-state index in [1.807, 2.05) is 0 Å². The minimum absolute atomic E-state index is 0.0836. The van der Waals surface area contributed by atoms with Crippen LogP contribution in [0.3, 0.4) is 0 Å².